The second-order valence-corrected chi connectivity index (χ2v) is 7.05. The first-order valence-corrected chi connectivity index (χ1v) is 8.52. The van der Waals surface area contributed by atoms with E-state index >= 15 is 0 Å². The van der Waals surface area contributed by atoms with Gasteiger partial charge in [0.25, 0.3) is 0 Å². The van der Waals surface area contributed by atoms with Crippen LogP contribution >= 0.6 is 0 Å². The Hall–Kier alpha value is -1.88. The number of nitrogens with zero attached hydrogens (tertiary/aromatic N) is 3. The SMILES string of the molecule is Cn1cnc2cc(CN3C(C(=O)O)CC4CCCCC43)ccc21. The number of hydrogen-bond donors (Lipinski definition) is 1. The van der Waals surface area contributed by atoms with E-state index in [4.69, 9.17) is 0 Å². The van der Waals surface area contributed by atoms with Crippen LogP contribution in [0.5, 0.6) is 0 Å². The predicted octanol–water partition coefficient (Wildman–Crippen LogP) is 2.79. The van der Waals surface area contributed by atoms with Crippen molar-refractivity contribution in [3.8, 4) is 0 Å². The first-order chi connectivity index (χ1) is 11.1. The lowest BCUT2D eigenvalue weighted by Gasteiger charge is -2.33. The number of carboxylic acids is 1. The van der Waals surface area contributed by atoms with Gasteiger partial charge in [-0.25, -0.2) is 4.98 Å². The Morgan fingerprint density at radius 2 is 2.17 bits per heavy atom. The molecule has 1 N–H and O–H groups in total. The number of likely N-dealkylation sites (tertiary alicyclic amines) is 1. The summed E-state index contributed by atoms with van der Waals surface area (Å²) < 4.78 is 2.01. The summed E-state index contributed by atoms with van der Waals surface area (Å²) in [7, 11) is 1.99. The van der Waals surface area contributed by atoms with Crippen molar-refractivity contribution in [2.45, 2.75) is 50.7 Å². The highest BCUT2D eigenvalue weighted by Crippen LogP contribution is 2.40. The summed E-state index contributed by atoms with van der Waals surface area (Å²) >= 11 is 0. The van der Waals surface area contributed by atoms with Crippen LogP contribution in [-0.2, 0) is 18.4 Å². The molecule has 2 aliphatic rings. The second kappa shape index (κ2) is 5.64. The first-order valence-electron chi connectivity index (χ1n) is 8.52. The third-order valence-corrected chi connectivity index (χ3v) is 5.66. The summed E-state index contributed by atoms with van der Waals surface area (Å²) in [5.74, 6) is -0.109. The van der Waals surface area contributed by atoms with Gasteiger partial charge < -0.3 is 9.67 Å². The van der Waals surface area contributed by atoms with Crippen LogP contribution in [0.15, 0.2) is 24.5 Å². The Morgan fingerprint density at radius 3 is 3.00 bits per heavy atom. The summed E-state index contributed by atoms with van der Waals surface area (Å²) in [6.45, 7) is 0.713. The number of fused-ring (bicyclic) bond motifs is 2. The van der Waals surface area contributed by atoms with Crippen LogP contribution in [0.4, 0.5) is 0 Å². The van der Waals surface area contributed by atoms with Gasteiger partial charge in [0.1, 0.15) is 6.04 Å². The zero-order valence-electron chi connectivity index (χ0n) is 13.5. The van der Waals surface area contributed by atoms with Crippen LogP contribution in [0, 0.1) is 5.92 Å². The number of aryl methyl sites for hydroxylation is 1. The molecule has 1 saturated carbocycles. The molecule has 0 amide bonds. The Balaban J connectivity index is 1.62. The quantitative estimate of drug-likeness (QED) is 0.946. The highest BCUT2D eigenvalue weighted by molar-refractivity contribution is 5.76. The van der Waals surface area contributed by atoms with Gasteiger partial charge in [-0.1, -0.05) is 18.9 Å². The number of rotatable bonds is 3. The molecule has 0 bridgehead atoms. The highest BCUT2D eigenvalue weighted by Gasteiger charge is 2.44. The molecule has 2 aromatic rings. The van der Waals surface area contributed by atoms with E-state index in [0.29, 0.717) is 18.5 Å². The van der Waals surface area contributed by atoms with Gasteiger partial charge in [0, 0.05) is 19.6 Å². The molecule has 4 rings (SSSR count). The van der Waals surface area contributed by atoms with Crippen LogP contribution in [0.1, 0.15) is 37.7 Å². The van der Waals surface area contributed by atoms with Crippen molar-refractivity contribution < 1.29 is 9.90 Å². The molecule has 5 nitrogen and oxygen atoms in total. The smallest absolute Gasteiger partial charge is 0.320 e. The number of hydrogen-bond acceptors (Lipinski definition) is 3. The molecule has 1 aliphatic heterocycles. The maximum Gasteiger partial charge on any atom is 0.320 e. The van der Waals surface area contributed by atoms with Crippen LogP contribution in [-0.4, -0.2) is 37.6 Å². The highest BCUT2D eigenvalue weighted by atomic mass is 16.4. The topological polar surface area (TPSA) is 58.4 Å². The van der Waals surface area contributed by atoms with Crippen LogP contribution in [0.2, 0.25) is 0 Å². The van der Waals surface area contributed by atoms with Gasteiger partial charge in [-0.05, 0) is 42.9 Å². The van der Waals surface area contributed by atoms with Crippen LogP contribution in [0.25, 0.3) is 11.0 Å². The fourth-order valence-electron chi connectivity index (χ4n) is 4.51. The summed E-state index contributed by atoms with van der Waals surface area (Å²) in [4.78, 5) is 18.4. The van der Waals surface area contributed by atoms with Gasteiger partial charge >= 0.3 is 5.97 Å². The van der Waals surface area contributed by atoms with Crippen molar-refractivity contribution in [3.05, 3.63) is 30.1 Å². The fraction of sp³-hybridized carbons (Fsp3) is 0.556. The summed E-state index contributed by atoms with van der Waals surface area (Å²) in [6.07, 6.45) is 7.43. The van der Waals surface area contributed by atoms with Gasteiger partial charge in [0.2, 0.25) is 0 Å². The van der Waals surface area contributed by atoms with Crippen molar-refractivity contribution in [2.75, 3.05) is 0 Å². The third kappa shape index (κ3) is 2.53. The minimum atomic E-state index is -0.668. The maximum absolute atomic E-state index is 11.7. The molecular weight excluding hydrogens is 290 g/mol. The van der Waals surface area contributed by atoms with Crippen LogP contribution < -0.4 is 0 Å². The van der Waals surface area contributed by atoms with E-state index < -0.39 is 5.97 Å². The number of aliphatic carboxylic acids is 1. The van der Waals surface area contributed by atoms with Crippen molar-refractivity contribution in [3.63, 3.8) is 0 Å². The molecule has 0 spiro atoms. The van der Waals surface area contributed by atoms with Crippen molar-refractivity contribution >= 4 is 17.0 Å². The average Bonchev–Trinajstić information content (AvgIpc) is 3.09. The summed E-state index contributed by atoms with van der Waals surface area (Å²) in [6, 6.07) is 6.40. The van der Waals surface area contributed by atoms with E-state index in [1.165, 1.54) is 19.3 Å². The Morgan fingerprint density at radius 1 is 1.35 bits per heavy atom. The molecule has 1 aromatic heterocycles. The fourth-order valence-corrected chi connectivity index (χ4v) is 4.51. The molecule has 2 heterocycles. The molecule has 0 radical (unpaired) electrons. The predicted molar refractivity (Wildman–Crippen MR) is 88.0 cm³/mol. The Bertz CT molecular complexity index is 739. The van der Waals surface area contributed by atoms with E-state index in [1.54, 1.807) is 0 Å². The summed E-state index contributed by atoms with van der Waals surface area (Å²) in [5.41, 5.74) is 3.26. The molecule has 2 fully saturated rings. The lowest BCUT2D eigenvalue weighted by atomic mass is 9.84. The minimum Gasteiger partial charge on any atom is -0.480 e. The molecule has 1 aliphatic carbocycles. The lowest BCUT2D eigenvalue weighted by molar-refractivity contribution is -0.142. The van der Waals surface area contributed by atoms with Crippen molar-refractivity contribution in [1.29, 1.82) is 0 Å². The van der Waals surface area contributed by atoms with Crippen molar-refractivity contribution in [2.24, 2.45) is 13.0 Å². The number of benzene rings is 1. The molecule has 5 heteroatoms. The van der Waals surface area contributed by atoms with E-state index in [2.05, 4.69) is 28.1 Å². The normalized spacial score (nSPS) is 28.1. The monoisotopic (exact) mass is 313 g/mol. The number of carbonyl (C=O) groups is 1. The largest absolute Gasteiger partial charge is 0.480 e. The zero-order chi connectivity index (χ0) is 16.0. The average molecular weight is 313 g/mol. The second-order valence-electron chi connectivity index (χ2n) is 7.05. The maximum atomic E-state index is 11.7. The Kier molecular flexibility index (Phi) is 3.60. The summed E-state index contributed by atoms with van der Waals surface area (Å²) in [5, 5.41) is 9.63. The standard InChI is InChI=1S/C18H23N3O2/c1-20-11-19-14-8-12(6-7-16(14)20)10-21-15-5-3-2-4-13(15)9-17(21)18(22)23/h6-8,11,13,15,17H,2-5,9-10H2,1H3,(H,22,23). The minimum absolute atomic E-state index is 0.331. The molecule has 23 heavy (non-hydrogen) atoms. The third-order valence-electron chi connectivity index (χ3n) is 5.66. The number of carboxylic acid groups (broad SMARTS) is 1. The van der Waals surface area contributed by atoms with Gasteiger partial charge in [0.15, 0.2) is 0 Å². The lowest BCUT2D eigenvalue weighted by Crippen LogP contribution is -2.41. The van der Waals surface area contributed by atoms with Crippen molar-refractivity contribution in [1.82, 2.24) is 14.5 Å². The molecular formula is C18H23N3O2. The molecule has 1 aromatic carbocycles. The van der Waals surface area contributed by atoms with Gasteiger partial charge in [-0.2, -0.15) is 0 Å². The van der Waals surface area contributed by atoms with Gasteiger partial charge in [-0.3, -0.25) is 9.69 Å². The number of imidazole rings is 1. The zero-order valence-corrected chi connectivity index (χ0v) is 13.5. The number of aromatic nitrogens is 2. The van der Waals surface area contributed by atoms with Gasteiger partial charge in [0.05, 0.1) is 17.4 Å². The van der Waals surface area contributed by atoms with E-state index in [9.17, 15) is 9.90 Å². The molecule has 3 atom stereocenters. The van der Waals surface area contributed by atoms with Gasteiger partial charge in [-0.15, -0.1) is 0 Å². The first kappa shape index (κ1) is 14.7. The van der Waals surface area contributed by atoms with E-state index in [1.807, 2.05) is 17.9 Å². The molecule has 3 unspecified atom stereocenters. The molecule has 1 saturated heterocycles. The van der Waals surface area contributed by atoms with E-state index in [0.717, 1.165) is 29.4 Å². The molecule has 122 valence electrons. The van der Waals surface area contributed by atoms with Crippen LogP contribution in [0.3, 0.4) is 0 Å². The Labute approximate surface area is 135 Å². The van der Waals surface area contributed by atoms with E-state index in [-0.39, 0.29) is 6.04 Å².